The lowest BCUT2D eigenvalue weighted by molar-refractivity contribution is -0.118. The number of nitrogens with one attached hydrogen (secondary N) is 1. The summed E-state index contributed by atoms with van der Waals surface area (Å²) in [5.74, 6) is -1.77. The van der Waals surface area contributed by atoms with Crippen molar-refractivity contribution in [3.63, 3.8) is 0 Å². The van der Waals surface area contributed by atoms with Crippen molar-refractivity contribution in [2.45, 2.75) is 6.92 Å². The van der Waals surface area contributed by atoms with Crippen LogP contribution >= 0.6 is 0 Å². The largest absolute Gasteiger partial charge is 0.484 e. The van der Waals surface area contributed by atoms with Crippen LogP contribution in [0.4, 0.5) is 20.2 Å². The van der Waals surface area contributed by atoms with Crippen molar-refractivity contribution in [3.05, 3.63) is 54.1 Å². The molecular weight excluding hydrogens is 366 g/mol. The summed E-state index contributed by atoms with van der Waals surface area (Å²) in [6, 6.07) is 8.84. The summed E-state index contributed by atoms with van der Waals surface area (Å²) in [6.45, 7) is 1.57. The molecule has 0 radical (unpaired) electrons. The van der Waals surface area contributed by atoms with E-state index < -0.39 is 34.2 Å². The van der Waals surface area contributed by atoms with Crippen molar-refractivity contribution in [1.82, 2.24) is 0 Å². The molecule has 1 amide bonds. The Hall–Kier alpha value is -2.68. The zero-order valence-corrected chi connectivity index (χ0v) is 15.0. The predicted octanol–water partition coefficient (Wildman–Crippen LogP) is 2.77. The van der Waals surface area contributed by atoms with E-state index in [-0.39, 0.29) is 12.2 Å². The monoisotopic (exact) mass is 384 g/mol. The summed E-state index contributed by atoms with van der Waals surface area (Å²) in [6.07, 6.45) is 1.11. The van der Waals surface area contributed by atoms with Crippen molar-refractivity contribution >= 4 is 27.3 Å². The molecule has 0 spiro atoms. The van der Waals surface area contributed by atoms with E-state index in [0.717, 1.165) is 24.5 Å². The van der Waals surface area contributed by atoms with E-state index in [1.54, 1.807) is 19.1 Å². The fourth-order valence-electron chi connectivity index (χ4n) is 2.25. The van der Waals surface area contributed by atoms with Crippen LogP contribution in [0, 0.1) is 11.6 Å². The maximum atomic E-state index is 13.5. The summed E-state index contributed by atoms with van der Waals surface area (Å²) in [7, 11) is -3.39. The molecule has 2 aromatic rings. The molecule has 2 aromatic carbocycles. The van der Waals surface area contributed by atoms with E-state index in [2.05, 4.69) is 5.32 Å². The number of halogens is 2. The molecule has 0 unspecified atom stereocenters. The molecule has 9 heteroatoms. The first-order valence-corrected chi connectivity index (χ1v) is 9.51. The second kappa shape index (κ2) is 8.13. The lowest BCUT2D eigenvalue weighted by Crippen LogP contribution is -2.29. The number of carbonyl (C=O) groups is 1. The lowest BCUT2D eigenvalue weighted by Gasteiger charge is -2.20. The Morgan fingerprint density at radius 3 is 2.38 bits per heavy atom. The zero-order valence-electron chi connectivity index (χ0n) is 14.2. The number of anilines is 2. The van der Waals surface area contributed by atoms with Gasteiger partial charge < -0.3 is 10.1 Å². The van der Waals surface area contributed by atoms with Gasteiger partial charge in [-0.2, -0.15) is 0 Å². The van der Waals surface area contributed by atoms with Crippen LogP contribution in [0.3, 0.4) is 0 Å². The highest BCUT2D eigenvalue weighted by atomic mass is 32.2. The third-order valence-electron chi connectivity index (χ3n) is 3.38. The highest BCUT2D eigenvalue weighted by Gasteiger charge is 2.15. The summed E-state index contributed by atoms with van der Waals surface area (Å²) < 4.78 is 56.4. The van der Waals surface area contributed by atoms with Crippen LogP contribution in [0.15, 0.2) is 42.5 Å². The number of rotatable bonds is 7. The highest BCUT2D eigenvalue weighted by Crippen LogP contribution is 2.21. The second-order valence-electron chi connectivity index (χ2n) is 5.38. The van der Waals surface area contributed by atoms with Gasteiger partial charge in [0.2, 0.25) is 10.0 Å². The van der Waals surface area contributed by atoms with E-state index in [1.807, 2.05) is 0 Å². The minimum Gasteiger partial charge on any atom is -0.484 e. The van der Waals surface area contributed by atoms with Gasteiger partial charge in [0.25, 0.3) is 5.91 Å². The molecule has 0 fully saturated rings. The molecule has 0 aliphatic carbocycles. The Labute approximate surface area is 150 Å². The van der Waals surface area contributed by atoms with E-state index in [1.165, 1.54) is 16.4 Å². The van der Waals surface area contributed by atoms with Crippen LogP contribution in [0.1, 0.15) is 6.92 Å². The predicted molar refractivity (Wildman–Crippen MR) is 94.8 cm³/mol. The summed E-state index contributed by atoms with van der Waals surface area (Å²) in [4.78, 5) is 11.8. The first-order valence-electron chi connectivity index (χ1n) is 7.66. The molecule has 0 saturated carbocycles. The molecule has 0 aromatic heterocycles. The van der Waals surface area contributed by atoms with Crippen molar-refractivity contribution in [2.24, 2.45) is 0 Å². The Morgan fingerprint density at radius 2 is 1.81 bits per heavy atom. The molecular formula is C17H18F2N2O4S. The molecule has 6 nitrogen and oxygen atoms in total. The minimum absolute atomic E-state index is 0.277. The van der Waals surface area contributed by atoms with Crippen molar-refractivity contribution in [1.29, 1.82) is 0 Å². The Morgan fingerprint density at radius 1 is 1.15 bits per heavy atom. The Bertz CT molecular complexity index is 886. The van der Waals surface area contributed by atoms with Gasteiger partial charge in [-0.15, -0.1) is 0 Å². The van der Waals surface area contributed by atoms with Gasteiger partial charge in [-0.05, 0) is 43.3 Å². The number of ether oxygens (including phenoxy) is 1. The number of hydrogen-bond acceptors (Lipinski definition) is 4. The van der Waals surface area contributed by atoms with E-state index in [0.29, 0.717) is 11.4 Å². The van der Waals surface area contributed by atoms with Crippen LogP contribution in [-0.4, -0.2) is 33.7 Å². The molecule has 1 N–H and O–H groups in total. The fraction of sp³-hybridized carbons (Fsp3) is 0.235. The average Bonchev–Trinajstić information content (AvgIpc) is 2.57. The van der Waals surface area contributed by atoms with Gasteiger partial charge >= 0.3 is 0 Å². The third-order valence-corrected chi connectivity index (χ3v) is 4.65. The fourth-order valence-corrected chi connectivity index (χ4v) is 3.22. The number of amides is 1. The molecule has 0 aliphatic heterocycles. The Balaban J connectivity index is 1.97. The smallest absolute Gasteiger partial charge is 0.262 e. The average molecular weight is 384 g/mol. The first kappa shape index (κ1) is 19.6. The van der Waals surface area contributed by atoms with Crippen LogP contribution in [0.2, 0.25) is 0 Å². The van der Waals surface area contributed by atoms with Gasteiger partial charge in [0.15, 0.2) is 6.61 Å². The van der Waals surface area contributed by atoms with E-state index in [4.69, 9.17) is 4.74 Å². The second-order valence-corrected chi connectivity index (χ2v) is 7.29. The molecule has 0 bridgehead atoms. The highest BCUT2D eigenvalue weighted by molar-refractivity contribution is 7.92. The summed E-state index contributed by atoms with van der Waals surface area (Å²) in [5.41, 5.74) is 0.189. The van der Waals surface area contributed by atoms with Crippen molar-refractivity contribution < 1.29 is 26.7 Å². The van der Waals surface area contributed by atoms with Crippen LogP contribution < -0.4 is 14.4 Å². The summed E-state index contributed by atoms with van der Waals surface area (Å²) >= 11 is 0. The molecule has 0 atom stereocenters. The Kier molecular flexibility index (Phi) is 6.14. The third kappa shape index (κ3) is 5.16. The van der Waals surface area contributed by atoms with Gasteiger partial charge in [0, 0.05) is 12.6 Å². The number of benzene rings is 2. The van der Waals surface area contributed by atoms with E-state index >= 15 is 0 Å². The molecule has 0 heterocycles. The quantitative estimate of drug-likeness (QED) is 0.797. The van der Waals surface area contributed by atoms with Gasteiger partial charge in [0.05, 0.1) is 17.6 Å². The molecule has 2 rings (SSSR count). The van der Waals surface area contributed by atoms with Gasteiger partial charge in [-0.3, -0.25) is 9.10 Å². The van der Waals surface area contributed by atoms with Gasteiger partial charge in [0.1, 0.15) is 17.4 Å². The number of carbonyl (C=O) groups excluding carboxylic acids is 1. The normalized spacial score (nSPS) is 11.1. The SMILES string of the molecule is CCN(c1ccc(OCC(=O)Nc2cc(F)ccc2F)cc1)S(C)(=O)=O. The molecule has 0 saturated heterocycles. The topological polar surface area (TPSA) is 75.7 Å². The van der Waals surface area contributed by atoms with Crippen LogP contribution in [-0.2, 0) is 14.8 Å². The van der Waals surface area contributed by atoms with Gasteiger partial charge in [-0.25, -0.2) is 17.2 Å². The number of hydrogen-bond donors (Lipinski definition) is 1. The minimum atomic E-state index is -3.39. The maximum absolute atomic E-state index is 13.5. The number of nitrogens with zero attached hydrogens (tertiary/aromatic N) is 1. The van der Waals surface area contributed by atoms with Gasteiger partial charge in [-0.1, -0.05) is 0 Å². The first-order chi connectivity index (χ1) is 12.2. The van der Waals surface area contributed by atoms with Crippen LogP contribution in [0.25, 0.3) is 0 Å². The van der Waals surface area contributed by atoms with Crippen molar-refractivity contribution in [2.75, 3.05) is 29.0 Å². The summed E-state index contributed by atoms with van der Waals surface area (Å²) in [5, 5.41) is 2.21. The zero-order chi connectivity index (χ0) is 19.3. The number of sulfonamides is 1. The lowest BCUT2D eigenvalue weighted by atomic mass is 10.3. The molecule has 26 heavy (non-hydrogen) atoms. The standard InChI is InChI=1S/C17H18F2N2O4S/c1-3-21(26(2,23)24)13-5-7-14(8-6-13)25-11-17(22)20-16-10-12(18)4-9-15(16)19/h4-10H,3,11H2,1-2H3,(H,20,22). The van der Waals surface area contributed by atoms with E-state index in [9.17, 15) is 22.0 Å². The van der Waals surface area contributed by atoms with Crippen LogP contribution in [0.5, 0.6) is 5.75 Å². The van der Waals surface area contributed by atoms with Crippen molar-refractivity contribution in [3.8, 4) is 5.75 Å². The molecule has 0 aliphatic rings. The maximum Gasteiger partial charge on any atom is 0.262 e. The molecule has 140 valence electrons.